The van der Waals surface area contributed by atoms with E-state index in [1.165, 1.54) is 7.11 Å². The van der Waals surface area contributed by atoms with E-state index in [2.05, 4.69) is 29.1 Å². The Morgan fingerprint density at radius 1 is 1.43 bits per heavy atom. The molecular formula is C15H23N3O2S. The third kappa shape index (κ3) is 5.28. The Hall–Kier alpha value is -1.14. The molecule has 6 heteroatoms. The van der Waals surface area contributed by atoms with Crippen LogP contribution in [0.1, 0.15) is 38.7 Å². The minimum Gasteiger partial charge on any atom is -0.469 e. The molecule has 0 aliphatic heterocycles. The van der Waals surface area contributed by atoms with Crippen LogP contribution in [0.3, 0.4) is 0 Å². The standard InChI is InChI=1S/C15H23N3O2S/c1-11(2)16-7-12-8-17-14(18-9-12)21-10-15(4-5-15)6-13(19)20-3/h8-9,11,16H,4-7,10H2,1-3H3. The lowest BCUT2D eigenvalue weighted by atomic mass is 10.1. The van der Waals surface area contributed by atoms with Gasteiger partial charge in [0, 0.05) is 36.3 Å². The number of thioether (sulfide) groups is 1. The molecule has 1 aliphatic carbocycles. The second kappa shape index (κ2) is 7.22. The highest BCUT2D eigenvalue weighted by atomic mass is 32.2. The molecule has 0 bridgehead atoms. The largest absolute Gasteiger partial charge is 0.469 e. The predicted octanol–water partition coefficient (Wildman–Crippen LogP) is 2.41. The fraction of sp³-hybridized carbons (Fsp3) is 0.667. The number of rotatable bonds is 8. The van der Waals surface area contributed by atoms with Gasteiger partial charge in [-0.2, -0.15) is 0 Å². The van der Waals surface area contributed by atoms with E-state index in [9.17, 15) is 4.79 Å². The van der Waals surface area contributed by atoms with E-state index in [-0.39, 0.29) is 11.4 Å². The molecule has 0 unspecified atom stereocenters. The van der Waals surface area contributed by atoms with Crippen LogP contribution in [0.25, 0.3) is 0 Å². The van der Waals surface area contributed by atoms with Gasteiger partial charge in [-0.3, -0.25) is 4.79 Å². The van der Waals surface area contributed by atoms with Gasteiger partial charge in [-0.1, -0.05) is 25.6 Å². The number of nitrogens with zero attached hydrogens (tertiary/aromatic N) is 2. The molecule has 1 heterocycles. The molecule has 1 saturated carbocycles. The third-order valence-corrected chi connectivity index (χ3v) is 4.83. The SMILES string of the molecule is COC(=O)CC1(CSc2ncc(CNC(C)C)cn2)CC1. The van der Waals surface area contributed by atoms with Crippen LogP contribution in [-0.4, -0.2) is 34.8 Å². The number of esters is 1. The summed E-state index contributed by atoms with van der Waals surface area (Å²) in [4.78, 5) is 20.1. The predicted molar refractivity (Wildman–Crippen MR) is 83.0 cm³/mol. The van der Waals surface area contributed by atoms with Crippen LogP contribution in [-0.2, 0) is 16.1 Å². The van der Waals surface area contributed by atoms with Gasteiger partial charge >= 0.3 is 5.97 Å². The molecule has 21 heavy (non-hydrogen) atoms. The first-order valence-electron chi connectivity index (χ1n) is 7.27. The van der Waals surface area contributed by atoms with Crippen molar-refractivity contribution in [1.29, 1.82) is 0 Å². The van der Waals surface area contributed by atoms with Crippen LogP contribution in [0.15, 0.2) is 17.6 Å². The topological polar surface area (TPSA) is 64.1 Å². The molecule has 2 rings (SSSR count). The summed E-state index contributed by atoms with van der Waals surface area (Å²) in [7, 11) is 1.44. The van der Waals surface area contributed by atoms with Gasteiger partial charge in [0.2, 0.25) is 0 Å². The van der Waals surface area contributed by atoms with Crippen LogP contribution in [0.4, 0.5) is 0 Å². The summed E-state index contributed by atoms with van der Waals surface area (Å²) in [5.74, 6) is 0.759. The maximum atomic E-state index is 11.4. The van der Waals surface area contributed by atoms with Crippen molar-refractivity contribution in [3.05, 3.63) is 18.0 Å². The van der Waals surface area contributed by atoms with Gasteiger partial charge in [-0.05, 0) is 18.3 Å². The number of hydrogen-bond acceptors (Lipinski definition) is 6. The van der Waals surface area contributed by atoms with E-state index in [4.69, 9.17) is 4.74 Å². The monoisotopic (exact) mass is 309 g/mol. The molecule has 1 aliphatic rings. The van der Waals surface area contributed by atoms with Crippen molar-refractivity contribution >= 4 is 17.7 Å². The Labute approximate surface area is 130 Å². The molecule has 116 valence electrons. The van der Waals surface area contributed by atoms with Crippen molar-refractivity contribution < 1.29 is 9.53 Å². The molecule has 1 aromatic rings. The summed E-state index contributed by atoms with van der Waals surface area (Å²) in [5.41, 5.74) is 1.20. The van der Waals surface area contributed by atoms with E-state index >= 15 is 0 Å². The Kier molecular flexibility index (Phi) is 5.58. The van der Waals surface area contributed by atoms with Gasteiger partial charge in [0.1, 0.15) is 0 Å². The number of carbonyl (C=O) groups excluding carboxylic acids is 1. The zero-order valence-electron chi connectivity index (χ0n) is 12.9. The average molecular weight is 309 g/mol. The molecule has 0 radical (unpaired) electrons. The molecular weight excluding hydrogens is 286 g/mol. The highest BCUT2D eigenvalue weighted by molar-refractivity contribution is 7.99. The second-order valence-corrected chi connectivity index (χ2v) is 6.89. The van der Waals surface area contributed by atoms with Crippen molar-refractivity contribution in [2.75, 3.05) is 12.9 Å². The fourth-order valence-corrected chi connectivity index (χ4v) is 3.06. The fourth-order valence-electron chi connectivity index (χ4n) is 1.98. The maximum Gasteiger partial charge on any atom is 0.306 e. The number of carbonyl (C=O) groups is 1. The highest BCUT2D eigenvalue weighted by Gasteiger charge is 2.44. The van der Waals surface area contributed by atoms with E-state index in [1.807, 2.05) is 12.4 Å². The summed E-state index contributed by atoms with van der Waals surface area (Å²) >= 11 is 1.63. The zero-order valence-corrected chi connectivity index (χ0v) is 13.7. The van der Waals surface area contributed by atoms with Crippen molar-refractivity contribution in [2.24, 2.45) is 5.41 Å². The van der Waals surface area contributed by atoms with Crippen LogP contribution < -0.4 is 5.32 Å². The normalized spacial score (nSPS) is 16.0. The molecule has 0 aromatic carbocycles. The number of aromatic nitrogens is 2. The quantitative estimate of drug-likeness (QED) is 0.452. The highest BCUT2D eigenvalue weighted by Crippen LogP contribution is 2.51. The molecule has 1 fully saturated rings. The zero-order chi connectivity index (χ0) is 15.3. The Morgan fingerprint density at radius 2 is 2.10 bits per heavy atom. The minimum atomic E-state index is -0.121. The Bertz CT molecular complexity index is 472. The van der Waals surface area contributed by atoms with Crippen molar-refractivity contribution in [1.82, 2.24) is 15.3 Å². The average Bonchev–Trinajstić information content (AvgIpc) is 3.24. The number of nitrogens with one attached hydrogen (secondary N) is 1. The van der Waals surface area contributed by atoms with Gasteiger partial charge in [0.15, 0.2) is 5.16 Å². The first-order chi connectivity index (χ1) is 10.0. The van der Waals surface area contributed by atoms with Gasteiger partial charge in [-0.25, -0.2) is 9.97 Å². The summed E-state index contributed by atoms with van der Waals surface area (Å²) in [6.45, 7) is 5.01. The van der Waals surface area contributed by atoms with E-state index in [1.54, 1.807) is 11.8 Å². The molecule has 0 saturated heterocycles. The summed E-state index contributed by atoms with van der Waals surface area (Å²) < 4.78 is 4.75. The smallest absolute Gasteiger partial charge is 0.306 e. The Balaban J connectivity index is 1.80. The lowest BCUT2D eigenvalue weighted by molar-refractivity contribution is -0.141. The molecule has 0 spiro atoms. The minimum absolute atomic E-state index is 0.110. The summed E-state index contributed by atoms with van der Waals surface area (Å²) in [5, 5.41) is 4.11. The van der Waals surface area contributed by atoms with E-state index in [0.29, 0.717) is 12.5 Å². The molecule has 1 aromatic heterocycles. The van der Waals surface area contributed by atoms with Crippen LogP contribution in [0, 0.1) is 5.41 Å². The lowest BCUT2D eigenvalue weighted by Crippen LogP contribution is -2.22. The number of methoxy groups -OCH3 is 1. The maximum absolute atomic E-state index is 11.4. The van der Waals surface area contributed by atoms with Gasteiger partial charge in [-0.15, -0.1) is 0 Å². The van der Waals surface area contributed by atoms with Crippen molar-refractivity contribution in [2.45, 2.75) is 50.9 Å². The lowest BCUT2D eigenvalue weighted by Gasteiger charge is -2.12. The number of ether oxygens (including phenoxy) is 1. The second-order valence-electron chi connectivity index (χ2n) is 5.95. The molecule has 0 atom stereocenters. The van der Waals surface area contributed by atoms with E-state index in [0.717, 1.165) is 35.9 Å². The molecule has 5 nitrogen and oxygen atoms in total. The van der Waals surface area contributed by atoms with Gasteiger partial charge in [0.05, 0.1) is 13.5 Å². The summed E-state index contributed by atoms with van der Waals surface area (Å²) in [6, 6.07) is 0.451. The van der Waals surface area contributed by atoms with Gasteiger partial charge < -0.3 is 10.1 Å². The molecule has 1 N–H and O–H groups in total. The first kappa shape index (κ1) is 16.2. The van der Waals surface area contributed by atoms with Gasteiger partial charge in [0.25, 0.3) is 0 Å². The first-order valence-corrected chi connectivity index (χ1v) is 8.25. The molecule has 0 amide bonds. The third-order valence-electron chi connectivity index (χ3n) is 3.61. The van der Waals surface area contributed by atoms with Crippen LogP contribution in [0.5, 0.6) is 0 Å². The Morgan fingerprint density at radius 3 is 2.62 bits per heavy atom. The van der Waals surface area contributed by atoms with Crippen LogP contribution >= 0.6 is 11.8 Å². The summed E-state index contributed by atoms with van der Waals surface area (Å²) in [6.07, 6.45) is 6.42. The van der Waals surface area contributed by atoms with Crippen molar-refractivity contribution in [3.63, 3.8) is 0 Å². The van der Waals surface area contributed by atoms with Crippen molar-refractivity contribution in [3.8, 4) is 0 Å². The number of hydrogen-bond donors (Lipinski definition) is 1. The van der Waals surface area contributed by atoms with E-state index < -0.39 is 0 Å². The van der Waals surface area contributed by atoms with Crippen LogP contribution in [0.2, 0.25) is 0 Å².